The maximum absolute atomic E-state index is 12.3. The summed E-state index contributed by atoms with van der Waals surface area (Å²) in [6.45, 7) is 7.25. The fourth-order valence-electron chi connectivity index (χ4n) is 3.38. The molecule has 3 atom stereocenters. The Balaban J connectivity index is 1.91. The molecule has 1 aromatic carbocycles. The molecular weight excluding hydrogens is 274 g/mol. The molecule has 1 aromatic rings. The molecule has 1 saturated heterocycles. The van der Waals surface area contributed by atoms with E-state index in [4.69, 9.17) is 5.73 Å². The summed E-state index contributed by atoms with van der Waals surface area (Å²) in [6.07, 6.45) is 1.72. The molecule has 0 aromatic heterocycles. The lowest BCUT2D eigenvalue weighted by Crippen LogP contribution is -2.53. The highest BCUT2D eigenvalue weighted by Gasteiger charge is 2.32. The Kier molecular flexibility index (Phi) is 5.98. The van der Waals surface area contributed by atoms with Crippen molar-refractivity contribution in [1.82, 2.24) is 9.80 Å². The Morgan fingerprint density at radius 1 is 1.41 bits per heavy atom. The average Bonchev–Trinajstić information content (AvgIpc) is 2.54. The largest absolute Gasteiger partial charge is 0.341 e. The van der Waals surface area contributed by atoms with Crippen LogP contribution >= 0.6 is 0 Å². The van der Waals surface area contributed by atoms with Crippen LogP contribution in [0.5, 0.6) is 0 Å². The SMILES string of the molecule is CCC(N)C(=O)N(C)C1CCN(Cc2ccccc2)CC1C. The minimum atomic E-state index is -0.362. The molecule has 2 N–H and O–H groups in total. The minimum Gasteiger partial charge on any atom is -0.341 e. The number of likely N-dealkylation sites (tertiary alicyclic amines) is 1. The van der Waals surface area contributed by atoms with E-state index in [1.165, 1.54) is 5.56 Å². The highest BCUT2D eigenvalue weighted by atomic mass is 16.2. The quantitative estimate of drug-likeness (QED) is 0.906. The molecule has 0 aliphatic carbocycles. The smallest absolute Gasteiger partial charge is 0.239 e. The van der Waals surface area contributed by atoms with Gasteiger partial charge in [-0.15, -0.1) is 0 Å². The molecule has 122 valence electrons. The van der Waals surface area contributed by atoms with Crippen molar-refractivity contribution in [2.75, 3.05) is 20.1 Å². The summed E-state index contributed by atoms with van der Waals surface area (Å²) in [5, 5.41) is 0. The van der Waals surface area contributed by atoms with Gasteiger partial charge in [0.15, 0.2) is 0 Å². The molecule has 0 bridgehead atoms. The summed E-state index contributed by atoms with van der Waals surface area (Å²) in [5.74, 6) is 0.548. The van der Waals surface area contributed by atoms with Crippen molar-refractivity contribution in [3.8, 4) is 0 Å². The second-order valence-electron chi connectivity index (χ2n) is 6.52. The van der Waals surface area contributed by atoms with Gasteiger partial charge in [0.05, 0.1) is 6.04 Å². The zero-order valence-electron chi connectivity index (χ0n) is 14.0. The highest BCUT2D eigenvalue weighted by molar-refractivity contribution is 5.81. The zero-order chi connectivity index (χ0) is 16.1. The molecule has 0 spiro atoms. The van der Waals surface area contributed by atoms with Crippen LogP contribution in [0.3, 0.4) is 0 Å². The first-order valence-electron chi connectivity index (χ1n) is 8.31. The molecule has 1 fully saturated rings. The van der Waals surface area contributed by atoms with Crippen molar-refractivity contribution in [2.24, 2.45) is 11.7 Å². The van der Waals surface area contributed by atoms with Crippen molar-refractivity contribution in [2.45, 2.75) is 45.3 Å². The Labute approximate surface area is 134 Å². The maximum Gasteiger partial charge on any atom is 0.239 e. The lowest BCUT2D eigenvalue weighted by Gasteiger charge is -2.42. The van der Waals surface area contributed by atoms with Gasteiger partial charge in [-0.2, -0.15) is 0 Å². The lowest BCUT2D eigenvalue weighted by molar-refractivity contribution is -0.135. The molecule has 0 radical (unpaired) electrons. The van der Waals surface area contributed by atoms with Crippen LogP contribution in [0.1, 0.15) is 32.3 Å². The second kappa shape index (κ2) is 7.75. The normalized spacial score (nSPS) is 24.0. The number of nitrogens with zero attached hydrogens (tertiary/aromatic N) is 2. The first kappa shape index (κ1) is 17.0. The maximum atomic E-state index is 12.3. The molecule has 4 heteroatoms. The number of piperidine rings is 1. The number of amides is 1. The van der Waals surface area contributed by atoms with Crippen molar-refractivity contribution >= 4 is 5.91 Å². The monoisotopic (exact) mass is 303 g/mol. The summed E-state index contributed by atoms with van der Waals surface area (Å²) in [4.78, 5) is 16.6. The van der Waals surface area contributed by atoms with Gasteiger partial charge in [-0.25, -0.2) is 0 Å². The third kappa shape index (κ3) is 4.08. The van der Waals surface area contributed by atoms with Crippen LogP contribution in [0, 0.1) is 5.92 Å². The van der Waals surface area contributed by atoms with E-state index in [1.54, 1.807) is 0 Å². The summed E-state index contributed by atoms with van der Waals surface area (Å²) in [6, 6.07) is 10.5. The van der Waals surface area contributed by atoms with Gasteiger partial charge in [-0.05, 0) is 24.3 Å². The summed E-state index contributed by atoms with van der Waals surface area (Å²) in [5.41, 5.74) is 7.25. The van der Waals surface area contributed by atoms with Crippen molar-refractivity contribution < 1.29 is 4.79 Å². The summed E-state index contributed by atoms with van der Waals surface area (Å²) >= 11 is 0. The number of nitrogens with two attached hydrogens (primary N) is 1. The van der Waals surface area contributed by atoms with Gasteiger partial charge >= 0.3 is 0 Å². The number of hydrogen-bond donors (Lipinski definition) is 1. The van der Waals surface area contributed by atoms with Crippen LogP contribution < -0.4 is 5.73 Å². The van der Waals surface area contributed by atoms with Crippen LogP contribution in [-0.4, -0.2) is 47.9 Å². The fourth-order valence-corrected chi connectivity index (χ4v) is 3.38. The second-order valence-corrected chi connectivity index (χ2v) is 6.52. The predicted octanol–water partition coefficient (Wildman–Crippen LogP) is 2.09. The van der Waals surface area contributed by atoms with Gasteiger partial charge in [0.25, 0.3) is 0 Å². The third-order valence-corrected chi connectivity index (χ3v) is 4.80. The minimum absolute atomic E-state index is 0.0795. The first-order valence-corrected chi connectivity index (χ1v) is 8.31. The van der Waals surface area contributed by atoms with Gasteiger partial charge < -0.3 is 10.6 Å². The Morgan fingerprint density at radius 2 is 2.09 bits per heavy atom. The number of carbonyl (C=O) groups excluding carboxylic acids is 1. The van der Waals surface area contributed by atoms with Crippen LogP contribution in [0.2, 0.25) is 0 Å². The van der Waals surface area contributed by atoms with Gasteiger partial charge in [0.1, 0.15) is 0 Å². The zero-order valence-corrected chi connectivity index (χ0v) is 14.0. The predicted molar refractivity (Wildman–Crippen MR) is 90.3 cm³/mol. The Hall–Kier alpha value is -1.39. The van der Waals surface area contributed by atoms with E-state index in [9.17, 15) is 4.79 Å². The lowest BCUT2D eigenvalue weighted by atomic mass is 9.91. The molecule has 2 rings (SSSR count). The van der Waals surface area contributed by atoms with E-state index >= 15 is 0 Å². The molecule has 1 heterocycles. The molecule has 1 aliphatic rings. The van der Waals surface area contributed by atoms with Crippen molar-refractivity contribution in [3.63, 3.8) is 0 Å². The van der Waals surface area contributed by atoms with Crippen LogP contribution in [-0.2, 0) is 11.3 Å². The highest BCUT2D eigenvalue weighted by Crippen LogP contribution is 2.23. The molecule has 0 saturated carbocycles. The van der Waals surface area contributed by atoms with Crippen LogP contribution in [0.25, 0.3) is 0 Å². The topological polar surface area (TPSA) is 49.6 Å². The molecule has 1 amide bonds. The van der Waals surface area contributed by atoms with E-state index in [0.29, 0.717) is 18.4 Å². The van der Waals surface area contributed by atoms with Crippen molar-refractivity contribution in [1.29, 1.82) is 0 Å². The number of rotatable bonds is 5. The van der Waals surface area contributed by atoms with Gasteiger partial charge in [-0.3, -0.25) is 9.69 Å². The van der Waals surface area contributed by atoms with Gasteiger partial charge in [0, 0.05) is 32.7 Å². The molecule has 22 heavy (non-hydrogen) atoms. The number of likely N-dealkylation sites (N-methyl/N-ethyl adjacent to an activating group) is 1. The average molecular weight is 303 g/mol. The van der Waals surface area contributed by atoms with E-state index in [2.05, 4.69) is 42.2 Å². The van der Waals surface area contributed by atoms with Crippen LogP contribution in [0.15, 0.2) is 30.3 Å². The Morgan fingerprint density at radius 3 is 2.68 bits per heavy atom. The van der Waals surface area contributed by atoms with Gasteiger partial charge in [-0.1, -0.05) is 44.2 Å². The molecule has 1 aliphatic heterocycles. The molecule has 4 nitrogen and oxygen atoms in total. The fraction of sp³-hybridized carbons (Fsp3) is 0.611. The number of carbonyl (C=O) groups is 1. The molecule has 3 unspecified atom stereocenters. The van der Waals surface area contributed by atoms with E-state index in [0.717, 1.165) is 26.1 Å². The van der Waals surface area contributed by atoms with Crippen molar-refractivity contribution in [3.05, 3.63) is 35.9 Å². The first-order chi connectivity index (χ1) is 10.5. The number of hydrogen-bond acceptors (Lipinski definition) is 3. The summed E-state index contributed by atoms with van der Waals surface area (Å²) in [7, 11) is 1.91. The van der Waals surface area contributed by atoms with E-state index < -0.39 is 0 Å². The summed E-state index contributed by atoms with van der Waals surface area (Å²) < 4.78 is 0. The van der Waals surface area contributed by atoms with E-state index in [-0.39, 0.29) is 11.9 Å². The van der Waals surface area contributed by atoms with E-state index in [1.807, 2.05) is 18.9 Å². The van der Waals surface area contributed by atoms with Crippen LogP contribution in [0.4, 0.5) is 0 Å². The number of benzene rings is 1. The van der Waals surface area contributed by atoms with Gasteiger partial charge in [0.2, 0.25) is 5.91 Å². The Bertz CT molecular complexity index is 476. The standard InChI is InChI=1S/C18H29N3O/c1-4-16(19)18(22)20(3)17-10-11-21(12-14(17)2)13-15-8-6-5-7-9-15/h5-9,14,16-17H,4,10-13,19H2,1-3H3. The molecular formula is C18H29N3O. The third-order valence-electron chi connectivity index (χ3n) is 4.80.